The van der Waals surface area contributed by atoms with Crippen molar-refractivity contribution in [2.75, 3.05) is 13.1 Å². The Bertz CT molecular complexity index is 935. The molecule has 3 saturated heterocycles. The molecule has 0 unspecified atom stereocenters. The molecule has 0 saturated carbocycles. The first-order valence-corrected chi connectivity index (χ1v) is 11.5. The van der Waals surface area contributed by atoms with Crippen molar-refractivity contribution in [2.45, 2.75) is 50.7 Å². The molecule has 2 bridgehead atoms. The van der Waals surface area contributed by atoms with Gasteiger partial charge in [-0.1, -0.05) is 35.9 Å². The lowest BCUT2D eigenvalue weighted by Gasteiger charge is -2.57. The zero-order valence-corrected chi connectivity index (χ0v) is 17.9. The topological polar surface area (TPSA) is 23.6 Å². The van der Waals surface area contributed by atoms with Gasteiger partial charge in [0.25, 0.3) is 0 Å². The molecule has 3 nitrogen and oxygen atoms in total. The van der Waals surface area contributed by atoms with Gasteiger partial charge < -0.3 is 4.90 Å². The summed E-state index contributed by atoms with van der Waals surface area (Å²) in [7, 11) is 0. The van der Waals surface area contributed by atoms with E-state index in [0.717, 1.165) is 49.5 Å². The van der Waals surface area contributed by atoms with Crippen LogP contribution in [0.25, 0.3) is 0 Å². The van der Waals surface area contributed by atoms with Gasteiger partial charge in [0.15, 0.2) is 0 Å². The Labute approximate surface area is 182 Å². The van der Waals surface area contributed by atoms with Crippen molar-refractivity contribution in [3.05, 3.63) is 70.5 Å². The molecule has 0 aromatic heterocycles. The maximum atomic E-state index is 13.8. The van der Waals surface area contributed by atoms with Gasteiger partial charge >= 0.3 is 0 Å². The third-order valence-electron chi connectivity index (χ3n) is 7.20. The van der Waals surface area contributed by atoms with E-state index in [-0.39, 0.29) is 11.9 Å². The number of carbonyl (C=O) groups excluding carboxylic acids is 1. The fraction of sp³-hybridized carbons (Fsp3) is 0.480. The number of piperidine rings is 3. The molecule has 1 amide bonds. The van der Waals surface area contributed by atoms with Crippen LogP contribution in [0.1, 0.15) is 36.8 Å². The predicted molar refractivity (Wildman–Crippen MR) is 117 cm³/mol. The summed E-state index contributed by atoms with van der Waals surface area (Å²) in [5.74, 6) is 1.04. The van der Waals surface area contributed by atoms with Gasteiger partial charge in [-0.05, 0) is 72.9 Å². The van der Waals surface area contributed by atoms with Crippen molar-refractivity contribution in [1.29, 1.82) is 0 Å². The van der Waals surface area contributed by atoms with Crippen molar-refractivity contribution in [2.24, 2.45) is 11.8 Å². The smallest absolute Gasteiger partial charge is 0.223 e. The first kappa shape index (κ1) is 20.0. The van der Waals surface area contributed by atoms with E-state index in [4.69, 9.17) is 11.6 Å². The second-order valence-corrected chi connectivity index (χ2v) is 9.68. The fourth-order valence-electron chi connectivity index (χ4n) is 6.06. The fourth-order valence-corrected chi connectivity index (χ4v) is 6.28. The molecular weight excluding hydrogens is 399 g/mol. The molecule has 3 fully saturated rings. The molecular formula is C25H28ClFN2O. The van der Waals surface area contributed by atoms with Gasteiger partial charge in [-0.3, -0.25) is 9.69 Å². The highest BCUT2D eigenvalue weighted by atomic mass is 35.5. The largest absolute Gasteiger partial charge is 0.336 e. The molecule has 3 aliphatic rings. The summed E-state index contributed by atoms with van der Waals surface area (Å²) in [5.41, 5.74) is 2.23. The number of likely N-dealkylation sites (tertiary alicyclic amines) is 1. The van der Waals surface area contributed by atoms with Gasteiger partial charge in [0.2, 0.25) is 5.91 Å². The van der Waals surface area contributed by atoms with Crippen LogP contribution in [0, 0.1) is 17.7 Å². The Hall–Kier alpha value is -1.91. The molecule has 5 rings (SSSR count). The van der Waals surface area contributed by atoms with E-state index in [0.29, 0.717) is 30.2 Å². The van der Waals surface area contributed by atoms with Crippen molar-refractivity contribution in [3.63, 3.8) is 0 Å². The van der Waals surface area contributed by atoms with Gasteiger partial charge in [-0.15, -0.1) is 0 Å². The van der Waals surface area contributed by atoms with E-state index >= 15 is 0 Å². The Morgan fingerprint density at radius 2 is 1.83 bits per heavy atom. The Morgan fingerprint density at radius 1 is 1.03 bits per heavy atom. The summed E-state index contributed by atoms with van der Waals surface area (Å²) >= 11 is 6.20. The third kappa shape index (κ3) is 4.00. The van der Waals surface area contributed by atoms with Crippen molar-refractivity contribution in [3.8, 4) is 0 Å². The SMILES string of the molecule is O=C1CCC[C@H]2[C@@H]3C[C@@H](CN(Cc4cccc(Cl)c4)C3)[C@H](Cc3cccc(F)c3)N12. The summed E-state index contributed by atoms with van der Waals surface area (Å²) in [6, 6.07) is 15.5. The lowest BCUT2D eigenvalue weighted by molar-refractivity contribution is -0.152. The molecule has 3 aliphatic heterocycles. The average Bonchev–Trinajstić information content (AvgIpc) is 2.71. The standard InChI is InChI=1S/C25H28ClFN2O/c26-21-6-1-5-18(10-21)14-28-15-19-13-20(16-28)24(12-17-4-2-7-22(27)11-17)29-23(19)8-3-9-25(29)30/h1-2,4-7,10-11,19-20,23-24H,3,8-9,12-16H2/t19-,20+,23+,24+/m1/s1. The summed E-state index contributed by atoms with van der Waals surface area (Å²) in [6.07, 6.45) is 4.64. The number of fused-ring (bicyclic) bond motifs is 4. The van der Waals surface area contributed by atoms with Crippen LogP contribution < -0.4 is 0 Å². The number of nitrogens with zero attached hydrogens (tertiary/aromatic N) is 2. The first-order chi connectivity index (χ1) is 14.6. The molecule has 0 radical (unpaired) electrons. The predicted octanol–water partition coefficient (Wildman–Crippen LogP) is 4.92. The average molecular weight is 427 g/mol. The van der Waals surface area contributed by atoms with E-state index in [2.05, 4.69) is 15.9 Å². The molecule has 3 heterocycles. The summed E-state index contributed by atoms with van der Waals surface area (Å²) in [5, 5.41) is 0.776. The summed E-state index contributed by atoms with van der Waals surface area (Å²) in [6.45, 7) is 2.89. The van der Waals surface area contributed by atoms with E-state index in [1.54, 1.807) is 12.1 Å². The number of amides is 1. The van der Waals surface area contributed by atoms with Crippen LogP contribution >= 0.6 is 11.6 Å². The lowest BCUT2D eigenvalue weighted by Crippen LogP contribution is -2.65. The van der Waals surface area contributed by atoms with Crippen LogP contribution in [0.4, 0.5) is 4.39 Å². The Morgan fingerprint density at radius 3 is 2.67 bits per heavy atom. The number of hydrogen-bond acceptors (Lipinski definition) is 2. The maximum absolute atomic E-state index is 13.8. The zero-order chi connectivity index (χ0) is 20.7. The van der Waals surface area contributed by atoms with Gasteiger partial charge in [0.1, 0.15) is 5.82 Å². The summed E-state index contributed by atoms with van der Waals surface area (Å²) < 4.78 is 13.8. The summed E-state index contributed by atoms with van der Waals surface area (Å²) in [4.78, 5) is 17.7. The number of carbonyl (C=O) groups is 1. The van der Waals surface area contributed by atoms with E-state index in [9.17, 15) is 9.18 Å². The molecule has 4 atom stereocenters. The van der Waals surface area contributed by atoms with Gasteiger partial charge in [-0.2, -0.15) is 0 Å². The Kier molecular flexibility index (Phi) is 5.55. The van der Waals surface area contributed by atoms with Crippen molar-refractivity contribution < 1.29 is 9.18 Å². The minimum absolute atomic E-state index is 0.156. The second kappa shape index (κ2) is 8.32. The lowest BCUT2D eigenvalue weighted by atomic mass is 9.70. The van der Waals surface area contributed by atoms with Crippen LogP contribution in [-0.4, -0.2) is 40.9 Å². The van der Waals surface area contributed by atoms with Crippen molar-refractivity contribution >= 4 is 17.5 Å². The maximum Gasteiger partial charge on any atom is 0.223 e. The number of halogens is 2. The number of benzene rings is 2. The second-order valence-electron chi connectivity index (χ2n) is 9.24. The molecule has 0 spiro atoms. The highest BCUT2D eigenvalue weighted by molar-refractivity contribution is 6.30. The molecule has 2 aromatic carbocycles. The van der Waals surface area contributed by atoms with E-state index in [1.165, 1.54) is 18.1 Å². The van der Waals surface area contributed by atoms with Gasteiger partial charge in [-0.25, -0.2) is 4.39 Å². The van der Waals surface area contributed by atoms with Crippen LogP contribution in [0.5, 0.6) is 0 Å². The molecule has 5 heteroatoms. The highest BCUT2D eigenvalue weighted by Crippen LogP contribution is 2.43. The van der Waals surface area contributed by atoms with E-state index < -0.39 is 0 Å². The van der Waals surface area contributed by atoms with Crippen LogP contribution in [0.15, 0.2) is 48.5 Å². The monoisotopic (exact) mass is 426 g/mol. The Balaban J connectivity index is 1.41. The molecule has 0 aliphatic carbocycles. The first-order valence-electron chi connectivity index (χ1n) is 11.1. The molecule has 158 valence electrons. The number of hydrogen-bond donors (Lipinski definition) is 0. The molecule has 2 aromatic rings. The normalized spacial score (nSPS) is 29.0. The van der Waals surface area contributed by atoms with Crippen LogP contribution in [0.3, 0.4) is 0 Å². The van der Waals surface area contributed by atoms with Crippen molar-refractivity contribution in [1.82, 2.24) is 9.80 Å². The molecule has 0 N–H and O–H groups in total. The van der Waals surface area contributed by atoms with E-state index in [1.807, 2.05) is 24.3 Å². The minimum atomic E-state index is -0.200. The minimum Gasteiger partial charge on any atom is -0.336 e. The number of rotatable bonds is 4. The third-order valence-corrected chi connectivity index (χ3v) is 7.44. The zero-order valence-electron chi connectivity index (χ0n) is 17.1. The molecule has 30 heavy (non-hydrogen) atoms. The van der Waals surface area contributed by atoms with Gasteiger partial charge in [0.05, 0.1) is 0 Å². The quantitative estimate of drug-likeness (QED) is 0.692. The highest BCUT2D eigenvalue weighted by Gasteiger charge is 2.49. The van der Waals surface area contributed by atoms with Crippen LogP contribution in [-0.2, 0) is 17.8 Å². The van der Waals surface area contributed by atoms with Gasteiger partial charge in [0, 0.05) is 43.2 Å². The van der Waals surface area contributed by atoms with Crippen LogP contribution in [0.2, 0.25) is 5.02 Å².